The lowest BCUT2D eigenvalue weighted by molar-refractivity contribution is -0.111. The van der Waals surface area contributed by atoms with E-state index < -0.39 is 0 Å². The first-order chi connectivity index (χ1) is 7.00. The molecule has 0 radical (unpaired) electrons. The molecule has 0 spiro atoms. The molecule has 0 aliphatic heterocycles. The Bertz CT molecular complexity index is 438. The Morgan fingerprint density at radius 1 is 1.67 bits per heavy atom. The molecular formula is C11H11ClN2O. The second kappa shape index (κ2) is 4.75. The maximum absolute atomic E-state index is 11.4. The van der Waals surface area contributed by atoms with Crippen molar-refractivity contribution in [2.24, 2.45) is 0 Å². The average molecular weight is 223 g/mol. The Morgan fingerprint density at radius 3 is 2.80 bits per heavy atom. The molecule has 78 valence electrons. The van der Waals surface area contributed by atoms with Crippen molar-refractivity contribution >= 4 is 28.8 Å². The molecule has 0 amide bonds. The molecule has 2 N–H and O–H groups in total. The monoisotopic (exact) mass is 222 g/mol. The van der Waals surface area contributed by atoms with Gasteiger partial charge < -0.3 is 5.73 Å². The maximum Gasteiger partial charge on any atom is 0.160 e. The molecule has 0 bridgehead atoms. The molecule has 1 aromatic rings. The zero-order chi connectivity index (χ0) is 11.4. The Morgan fingerprint density at radius 2 is 2.33 bits per heavy atom. The quantitative estimate of drug-likeness (QED) is 0.631. The van der Waals surface area contributed by atoms with Gasteiger partial charge in [0.1, 0.15) is 5.82 Å². The predicted molar refractivity (Wildman–Crippen MR) is 62.3 cm³/mol. The number of nitrogens with two attached hydrogens (primary N) is 1. The Balaban J connectivity index is 3.22. The third-order valence-corrected chi connectivity index (χ3v) is 1.88. The van der Waals surface area contributed by atoms with E-state index in [4.69, 9.17) is 17.3 Å². The van der Waals surface area contributed by atoms with Crippen LogP contribution in [0.15, 0.2) is 36.0 Å². The first-order valence-corrected chi connectivity index (χ1v) is 4.67. The predicted octanol–water partition coefficient (Wildman–Crippen LogP) is 2.39. The molecule has 1 aromatic heterocycles. The van der Waals surface area contributed by atoms with Gasteiger partial charge in [-0.3, -0.25) is 4.79 Å². The zero-order valence-electron chi connectivity index (χ0n) is 8.33. The molecule has 0 saturated carbocycles. The number of nitrogens with zero attached hydrogens (tertiary/aromatic N) is 1. The van der Waals surface area contributed by atoms with Crippen LogP contribution in [0, 0.1) is 0 Å². The van der Waals surface area contributed by atoms with Gasteiger partial charge in [-0.05, 0) is 30.7 Å². The van der Waals surface area contributed by atoms with Crippen molar-refractivity contribution < 1.29 is 4.79 Å². The molecule has 0 fully saturated rings. The first kappa shape index (κ1) is 11.5. The van der Waals surface area contributed by atoms with Crippen molar-refractivity contribution in [1.82, 2.24) is 4.98 Å². The minimum Gasteiger partial charge on any atom is -0.384 e. The summed E-state index contributed by atoms with van der Waals surface area (Å²) in [4.78, 5) is 15.2. The highest BCUT2D eigenvalue weighted by molar-refractivity contribution is 6.33. The number of aromatic nitrogens is 1. The molecule has 0 aliphatic carbocycles. The molecule has 3 nitrogen and oxygen atoms in total. The molecule has 0 aromatic carbocycles. The lowest BCUT2D eigenvalue weighted by atomic mass is 10.0. The van der Waals surface area contributed by atoms with Crippen molar-refractivity contribution in [1.29, 1.82) is 0 Å². The maximum atomic E-state index is 11.4. The molecule has 4 heteroatoms. The highest BCUT2D eigenvalue weighted by atomic mass is 35.5. The number of pyridine rings is 1. The summed E-state index contributed by atoms with van der Waals surface area (Å²) in [6.07, 6.45) is 3.05. The van der Waals surface area contributed by atoms with E-state index in [0.29, 0.717) is 22.0 Å². The van der Waals surface area contributed by atoms with E-state index in [2.05, 4.69) is 11.6 Å². The van der Waals surface area contributed by atoms with E-state index >= 15 is 0 Å². The number of anilines is 1. The van der Waals surface area contributed by atoms with E-state index in [1.165, 1.54) is 13.0 Å². The summed E-state index contributed by atoms with van der Waals surface area (Å²) < 4.78 is 0. The molecule has 0 unspecified atom stereocenters. The van der Waals surface area contributed by atoms with Crippen LogP contribution >= 0.6 is 11.6 Å². The molecule has 0 atom stereocenters. The van der Waals surface area contributed by atoms with Gasteiger partial charge in [0.2, 0.25) is 0 Å². The summed E-state index contributed by atoms with van der Waals surface area (Å²) >= 11 is 5.64. The second-order valence-electron chi connectivity index (χ2n) is 3.03. The van der Waals surface area contributed by atoms with Crippen LogP contribution < -0.4 is 5.73 Å². The van der Waals surface area contributed by atoms with Gasteiger partial charge in [-0.25, -0.2) is 4.98 Å². The summed E-state index contributed by atoms with van der Waals surface area (Å²) in [6, 6.07) is 3.32. The number of rotatable bonds is 3. The fourth-order valence-electron chi connectivity index (χ4n) is 1.16. The fourth-order valence-corrected chi connectivity index (χ4v) is 1.27. The van der Waals surface area contributed by atoms with Gasteiger partial charge in [0.25, 0.3) is 0 Å². The number of carbonyl (C=O) groups is 1. The summed E-state index contributed by atoms with van der Waals surface area (Å²) in [5, 5.41) is 0.301. The van der Waals surface area contributed by atoms with Gasteiger partial charge in [-0.1, -0.05) is 18.2 Å². The van der Waals surface area contributed by atoms with Crippen LogP contribution in [0.25, 0.3) is 5.57 Å². The topological polar surface area (TPSA) is 56.0 Å². The molecule has 15 heavy (non-hydrogen) atoms. The summed E-state index contributed by atoms with van der Waals surface area (Å²) in [7, 11) is 0. The average Bonchev–Trinajstić information content (AvgIpc) is 2.13. The van der Waals surface area contributed by atoms with Gasteiger partial charge in [0.15, 0.2) is 5.78 Å². The molecule has 1 heterocycles. The zero-order valence-corrected chi connectivity index (χ0v) is 9.08. The SMILES string of the molecule is C=C(Cl)/C=C(\C(C)=O)c1ccnc(N)c1. The molecule has 0 saturated heterocycles. The number of allylic oxidation sites excluding steroid dienone is 3. The van der Waals surface area contributed by atoms with Crippen molar-refractivity contribution in [3.8, 4) is 0 Å². The van der Waals surface area contributed by atoms with Gasteiger partial charge in [0, 0.05) is 16.8 Å². The number of hydrogen-bond donors (Lipinski definition) is 1. The first-order valence-electron chi connectivity index (χ1n) is 4.29. The van der Waals surface area contributed by atoms with Crippen molar-refractivity contribution in [3.63, 3.8) is 0 Å². The second-order valence-corrected chi connectivity index (χ2v) is 3.52. The van der Waals surface area contributed by atoms with Gasteiger partial charge in [-0.2, -0.15) is 0 Å². The summed E-state index contributed by atoms with van der Waals surface area (Å²) in [6.45, 7) is 4.98. The fraction of sp³-hybridized carbons (Fsp3) is 0.0909. The third-order valence-electron chi connectivity index (χ3n) is 1.77. The van der Waals surface area contributed by atoms with E-state index in [1.54, 1.807) is 18.3 Å². The van der Waals surface area contributed by atoms with E-state index in [0.717, 1.165) is 0 Å². The Labute approximate surface area is 93.3 Å². The number of halogens is 1. The molecule has 1 rings (SSSR count). The highest BCUT2D eigenvalue weighted by Crippen LogP contribution is 2.19. The summed E-state index contributed by atoms with van der Waals surface area (Å²) in [5.74, 6) is 0.266. The lowest BCUT2D eigenvalue weighted by Crippen LogP contribution is -1.98. The van der Waals surface area contributed by atoms with Crippen LogP contribution in [-0.4, -0.2) is 10.8 Å². The van der Waals surface area contributed by atoms with E-state index in [-0.39, 0.29) is 5.78 Å². The normalized spacial score (nSPS) is 11.2. The van der Waals surface area contributed by atoms with Gasteiger partial charge in [-0.15, -0.1) is 0 Å². The van der Waals surface area contributed by atoms with Gasteiger partial charge >= 0.3 is 0 Å². The standard InChI is InChI=1S/C11H11ClN2O/c1-7(12)5-10(8(2)15)9-3-4-14-11(13)6-9/h3-6H,1H2,2H3,(H2,13,14)/b10-5+. The van der Waals surface area contributed by atoms with Crippen LogP contribution in [0.5, 0.6) is 0 Å². The van der Waals surface area contributed by atoms with Crippen LogP contribution in [0.2, 0.25) is 0 Å². The largest absolute Gasteiger partial charge is 0.384 e. The third kappa shape index (κ3) is 3.22. The van der Waals surface area contributed by atoms with E-state index in [1.807, 2.05) is 0 Å². The van der Waals surface area contributed by atoms with Crippen LogP contribution in [0.3, 0.4) is 0 Å². The number of carbonyl (C=O) groups excluding carboxylic acids is 1. The smallest absolute Gasteiger partial charge is 0.160 e. The van der Waals surface area contributed by atoms with Crippen molar-refractivity contribution in [2.45, 2.75) is 6.92 Å². The number of ketones is 1. The summed E-state index contributed by atoms with van der Waals surface area (Å²) in [5.41, 5.74) is 6.69. The van der Waals surface area contributed by atoms with Crippen LogP contribution in [0.4, 0.5) is 5.82 Å². The Kier molecular flexibility index (Phi) is 3.63. The van der Waals surface area contributed by atoms with Crippen molar-refractivity contribution in [2.75, 3.05) is 5.73 Å². The number of Topliss-reactive ketones (excluding diaryl/α,β-unsaturated/α-hetero) is 1. The van der Waals surface area contributed by atoms with E-state index in [9.17, 15) is 4.79 Å². The van der Waals surface area contributed by atoms with Gasteiger partial charge in [0.05, 0.1) is 0 Å². The minimum absolute atomic E-state index is 0.0950. The lowest BCUT2D eigenvalue weighted by Gasteiger charge is -2.04. The van der Waals surface area contributed by atoms with Crippen LogP contribution in [-0.2, 0) is 4.79 Å². The minimum atomic E-state index is -0.0950. The van der Waals surface area contributed by atoms with Crippen LogP contribution in [0.1, 0.15) is 12.5 Å². The van der Waals surface area contributed by atoms with Crippen molar-refractivity contribution in [3.05, 3.63) is 41.6 Å². The molecular weight excluding hydrogens is 212 g/mol. The number of nitrogen functional groups attached to an aromatic ring is 1. The molecule has 0 aliphatic rings. The number of hydrogen-bond acceptors (Lipinski definition) is 3. The Hall–Kier alpha value is -1.61. The highest BCUT2D eigenvalue weighted by Gasteiger charge is 2.07.